The van der Waals surface area contributed by atoms with Gasteiger partial charge in [0.1, 0.15) is 0 Å². The molecule has 0 aromatic rings. The van der Waals surface area contributed by atoms with Crippen molar-refractivity contribution in [2.45, 2.75) is 0 Å². The summed E-state index contributed by atoms with van der Waals surface area (Å²) in [4.78, 5) is 1.50. The van der Waals surface area contributed by atoms with Crippen LogP contribution < -0.4 is 18.9 Å². The maximum Gasteiger partial charge on any atom is 1.00 e. The Balaban J connectivity index is -0.0000000575. The van der Waals surface area contributed by atoms with Crippen molar-refractivity contribution in [3.63, 3.8) is 0 Å². The SMILES string of the molecule is CN(C)[SiH3].[Li+].[N-]=[N+]=[N-]. The first-order valence-corrected chi connectivity index (χ1v) is 2.64. The Morgan fingerprint density at radius 2 is 1.38 bits per heavy atom. The maximum absolute atomic E-state index is 6.75. The molecule has 0 aliphatic heterocycles. The van der Waals surface area contributed by atoms with Crippen LogP contribution in [-0.4, -0.2) is 29.1 Å². The van der Waals surface area contributed by atoms with Gasteiger partial charge in [-0.2, -0.15) is 0 Å². The molecule has 8 heavy (non-hydrogen) atoms. The normalized spacial score (nSPS) is 5.88. The third-order valence-corrected chi connectivity index (χ3v) is 0. The van der Waals surface area contributed by atoms with E-state index in [1.54, 1.807) is 0 Å². The van der Waals surface area contributed by atoms with Crippen molar-refractivity contribution in [2.75, 3.05) is 14.1 Å². The predicted octanol–water partition coefficient (Wildman–Crippen LogP) is -3.30. The molecule has 0 spiro atoms. The van der Waals surface area contributed by atoms with Crippen LogP contribution in [0.4, 0.5) is 0 Å². The molecule has 0 fully saturated rings. The average molecular weight is 124 g/mol. The van der Waals surface area contributed by atoms with E-state index in [0.29, 0.717) is 0 Å². The number of rotatable bonds is 0. The van der Waals surface area contributed by atoms with E-state index in [0.717, 1.165) is 0 Å². The van der Waals surface area contributed by atoms with Crippen molar-refractivity contribution < 1.29 is 18.9 Å². The molecule has 0 aromatic carbocycles. The van der Waals surface area contributed by atoms with Crippen LogP contribution in [0.25, 0.3) is 16.0 Å². The van der Waals surface area contributed by atoms with Gasteiger partial charge in [0, 0.05) is 0 Å². The zero-order chi connectivity index (χ0) is 6.28. The molecule has 42 valence electrons. The summed E-state index contributed by atoms with van der Waals surface area (Å²) in [7, 11) is 5.31. The second kappa shape index (κ2) is 15.7. The van der Waals surface area contributed by atoms with Gasteiger partial charge < -0.3 is 15.6 Å². The summed E-state index contributed by atoms with van der Waals surface area (Å²) in [6, 6.07) is 0. The van der Waals surface area contributed by atoms with Crippen molar-refractivity contribution in [1.82, 2.24) is 4.57 Å². The first kappa shape index (κ1) is 15.7. The van der Waals surface area contributed by atoms with Gasteiger partial charge in [-0.15, -0.1) is 0 Å². The molecule has 0 saturated carbocycles. The van der Waals surface area contributed by atoms with Crippen LogP contribution >= 0.6 is 0 Å². The second-order valence-corrected chi connectivity index (χ2v) is 3.22. The standard InChI is InChI=1S/C2H9NSi.Li.N3/c1-3(2)4;;1-3-2/h1-2,4H3;;/q;+1;-1. The van der Waals surface area contributed by atoms with Gasteiger partial charge in [-0.1, -0.05) is 0 Å². The second-order valence-electron chi connectivity index (χ2n) is 1.43. The molecule has 0 saturated heterocycles. The van der Waals surface area contributed by atoms with Crippen LogP contribution in [0.2, 0.25) is 0 Å². The molecular formula is C2H9LiN4Si. The summed E-state index contributed by atoms with van der Waals surface area (Å²) in [5, 5.41) is 0. The Morgan fingerprint density at radius 3 is 1.38 bits per heavy atom. The van der Waals surface area contributed by atoms with Gasteiger partial charge in [-0.25, -0.2) is 0 Å². The molecule has 0 aliphatic rings. The Morgan fingerprint density at radius 1 is 1.38 bits per heavy atom. The van der Waals surface area contributed by atoms with Gasteiger partial charge >= 0.3 is 18.9 Å². The van der Waals surface area contributed by atoms with Crippen molar-refractivity contribution in [2.24, 2.45) is 0 Å². The predicted molar refractivity (Wildman–Crippen MR) is 33.7 cm³/mol. The molecule has 4 nitrogen and oxygen atoms in total. The average Bonchev–Trinajstić information content (AvgIpc) is 1.33. The van der Waals surface area contributed by atoms with Gasteiger partial charge in [-0.3, -0.25) is 4.91 Å². The van der Waals surface area contributed by atoms with Crippen molar-refractivity contribution in [3.05, 3.63) is 16.0 Å². The van der Waals surface area contributed by atoms with Crippen LogP contribution in [0.15, 0.2) is 0 Å². The molecule has 0 amide bonds. The summed E-state index contributed by atoms with van der Waals surface area (Å²) >= 11 is 0. The monoisotopic (exact) mass is 124 g/mol. The fourth-order valence-electron chi connectivity index (χ4n) is 0. The molecular weight excluding hydrogens is 115 g/mol. The maximum atomic E-state index is 6.75. The molecule has 0 aliphatic carbocycles. The summed E-state index contributed by atoms with van der Waals surface area (Å²) in [6.45, 7) is 0. The van der Waals surface area contributed by atoms with E-state index in [9.17, 15) is 0 Å². The van der Waals surface area contributed by atoms with E-state index >= 15 is 0 Å². The minimum absolute atomic E-state index is 0. The molecule has 0 bridgehead atoms. The van der Waals surface area contributed by atoms with Crippen molar-refractivity contribution in [1.29, 1.82) is 0 Å². The smallest absolute Gasteiger partial charge is 0.373 e. The van der Waals surface area contributed by atoms with Crippen LogP contribution in [0, 0.1) is 0 Å². The zero-order valence-electron chi connectivity index (χ0n) is 5.79. The van der Waals surface area contributed by atoms with E-state index in [4.69, 9.17) is 11.1 Å². The first-order valence-electron chi connectivity index (χ1n) is 1.74. The molecule has 0 atom stereocenters. The van der Waals surface area contributed by atoms with Gasteiger partial charge in [0.25, 0.3) is 0 Å². The fraction of sp³-hybridized carbons (Fsp3) is 1.00. The Kier molecular flexibility index (Phi) is 30.8. The summed E-state index contributed by atoms with van der Waals surface area (Å²) in [5.74, 6) is 0. The summed E-state index contributed by atoms with van der Waals surface area (Å²) < 4.78 is 2.14. The van der Waals surface area contributed by atoms with Crippen molar-refractivity contribution in [3.8, 4) is 0 Å². The Labute approximate surface area is 64.3 Å². The molecule has 0 N–H and O–H groups in total. The number of nitrogens with zero attached hydrogens (tertiary/aromatic N) is 4. The van der Waals surface area contributed by atoms with E-state index < -0.39 is 0 Å². The van der Waals surface area contributed by atoms with Crippen LogP contribution in [-0.2, 0) is 0 Å². The quantitative estimate of drug-likeness (QED) is 0.144. The van der Waals surface area contributed by atoms with Crippen LogP contribution in [0.5, 0.6) is 0 Å². The summed E-state index contributed by atoms with van der Waals surface area (Å²) in [6.07, 6.45) is 0. The molecule has 0 radical (unpaired) electrons. The zero-order valence-corrected chi connectivity index (χ0v) is 7.79. The van der Waals surface area contributed by atoms with Gasteiger partial charge in [0.2, 0.25) is 0 Å². The molecule has 0 unspecified atom stereocenters. The fourth-order valence-corrected chi connectivity index (χ4v) is 0. The first-order chi connectivity index (χ1) is 3.15. The minimum Gasteiger partial charge on any atom is -0.373 e. The van der Waals surface area contributed by atoms with E-state index in [-0.39, 0.29) is 18.9 Å². The minimum atomic E-state index is 0. The molecule has 0 heterocycles. The molecule has 0 rings (SSSR count). The number of hydrogen-bond acceptors (Lipinski definition) is 1. The van der Waals surface area contributed by atoms with E-state index in [2.05, 4.69) is 18.7 Å². The van der Waals surface area contributed by atoms with Crippen LogP contribution in [0.3, 0.4) is 0 Å². The number of hydrogen-bond donors (Lipinski definition) is 0. The van der Waals surface area contributed by atoms with E-state index in [1.165, 1.54) is 15.3 Å². The third kappa shape index (κ3) is 22100. The Bertz CT molecular complexity index is 56.3. The molecule has 0 aromatic heterocycles. The molecule has 6 heteroatoms. The topological polar surface area (TPSA) is 61.9 Å². The summed E-state index contributed by atoms with van der Waals surface area (Å²) in [5.41, 5.74) is 13.5. The Hall–Kier alpha value is 0.0843. The van der Waals surface area contributed by atoms with Crippen molar-refractivity contribution >= 4 is 10.4 Å². The van der Waals surface area contributed by atoms with Gasteiger partial charge in [-0.05, 0) is 14.1 Å². The third-order valence-electron chi connectivity index (χ3n) is 0. The van der Waals surface area contributed by atoms with Gasteiger partial charge in [0.05, 0.1) is 10.4 Å². The van der Waals surface area contributed by atoms with Crippen LogP contribution in [0.1, 0.15) is 0 Å². The van der Waals surface area contributed by atoms with Gasteiger partial charge in [0.15, 0.2) is 0 Å². The van der Waals surface area contributed by atoms with E-state index in [1.807, 2.05) is 0 Å². The largest absolute Gasteiger partial charge is 1.00 e.